The van der Waals surface area contributed by atoms with E-state index in [4.69, 9.17) is 16.1 Å². The Labute approximate surface area is 210 Å². The smallest absolute Gasteiger partial charge is 0.543 e. The van der Waals surface area contributed by atoms with Gasteiger partial charge in [0.25, 0.3) is 5.91 Å². The Morgan fingerprint density at radius 2 is 2.26 bits per heavy atom. The van der Waals surface area contributed by atoms with Gasteiger partial charge in [0.05, 0.1) is 18.1 Å². The fraction of sp³-hybridized carbons (Fsp3) is 0.400. The number of β-lactam (4-membered cyclic amide) rings is 1. The van der Waals surface area contributed by atoms with Crippen molar-refractivity contribution in [3.05, 3.63) is 28.2 Å². The van der Waals surface area contributed by atoms with Crippen molar-refractivity contribution in [1.29, 1.82) is 0 Å². The molecule has 0 aromatic carbocycles. The van der Waals surface area contributed by atoms with Gasteiger partial charge in [0.15, 0.2) is 5.15 Å². The molecule has 0 spiro atoms. The first kappa shape index (κ1) is 24.1. The fourth-order valence-corrected chi connectivity index (χ4v) is 5.52. The Kier molecular flexibility index (Phi) is 7.70. The Balaban J connectivity index is 0.00000272. The van der Waals surface area contributed by atoms with Gasteiger partial charge in [0.1, 0.15) is 17.2 Å². The van der Waals surface area contributed by atoms with Crippen LogP contribution in [-0.4, -0.2) is 71.0 Å². The van der Waals surface area contributed by atoms with Crippen LogP contribution in [0.2, 0.25) is 5.15 Å². The number of nitrogens with zero attached hydrogens (tertiary/aromatic N) is 6. The molecule has 2 aliphatic rings. The van der Waals surface area contributed by atoms with Crippen LogP contribution >= 0.6 is 35.1 Å². The molecule has 2 amide bonds. The van der Waals surface area contributed by atoms with Crippen LogP contribution in [0, 0.1) is 0 Å². The first-order valence-electron chi connectivity index (χ1n) is 8.49. The van der Waals surface area contributed by atoms with Crippen LogP contribution in [0.5, 0.6) is 0 Å². The fourth-order valence-electron chi connectivity index (χ4n) is 3.03. The van der Waals surface area contributed by atoms with Crippen molar-refractivity contribution in [3.63, 3.8) is 0 Å². The molecule has 4 heterocycles. The van der Waals surface area contributed by atoms with Gasteiger partial charge in [-0.25, -0.2) is 4.68 Å². The molecule has 1 saturated heterocycles. The van der Waals surface area contributed by atoms with Gasteiger partial charge in [-0.1, -0.05) is 28.5 Å². The molecule has 12 nitrogen and oxygen atoms in total. The van der Waals surface area contributed by atoms with E-state index in [9.17, 15) is 19.5 Å². The minimum Gasteiger partial charge on any atom is -0.543 e. The third-order valence-electron chi connectivity index (χ3n) is 4.38. The molecule has 2 unspecified atom stereocenters. The predicted octanol–water partition coefficient (Wildman–Crippen LogP) is -4.41. The SMILES string of the molecule is Cn1nnnc1SCC1=C(C(=O)[O-])N2C(=O)C(NC(=O)Cc3cc(Cl)no3)C2SC1.[Na+]. The number of carboxylic acid groups (broad SMARTS) is 1. The summed E-state index contributed by atoms with van der Waals surface area (Å²) >= 11 is 8.26. The van der Waals surface area contributed by atoms with Gasteiger partial charge >= 0.3 is 29.6 Å². The zero-order valence-corrected chi connectivity index (χ0v) is 20.7. The van der Waals surface area contributed by atoms with E-state index in [1.165, 1.54) is 34.3 Å². The average molecular weight is 494 g/mol. The molecule has 2 aromatic heterocycles. The number of carbonyl (C=O) groups is 3. The number of hydrogen-bond donors (Lipinski definition) is 1. The summed E-state index contributed by atoms with van der Waals surface area (Å²) in [6, 6.07) is 0.561. The monoisotopic (exact) mass is 493 g/mol. The number of nitrogens with one attached hydrogen (secondary N) is 1. The summed E-state index contributed by atoms with van der Waals surface area (Å²) in [6.45, 7) is 0. The van der Waals surface area contributed by atoms with Gasteiger partial charge in [-0.3, -0.25) is 14.5 Å². The number of amides is 2. The summed E-state index contributed by atoms with van der Waals surface area (Å²) in [5, 5.41) is 29.0. The number of fused-ring (bicyclic) bond motifs is 1. The van der Waals surface area contributed by atoms with E-state index in [0.29, 0.717) is 16.5 Å². The van der Waals surface area contributed by atoms with Gasteiger partial charge < -0.3 is 19.7 Å². The number of aryl methyl sites for hydroxylation is 1. The van der Waals surface area contributed by atoms with Gasteiger partial charge in [-0.15, -0.1) is 16.9 Å². The molecular weight excluding hydrogens is 481 g/mol. The third kappa shape index (κ3) is 4.93. The second-order valence-corrected chi connectivity index (χ2v) is 8.80. The van der Waals surface area contributed by atoms with Crippen molar-refractivity contribution in [2.75, 3.05) is 11.5 Å². The van der Waals surface area contributed by atoms with E-state index < -0.39 is 29.2 Å². The number of hydrogen-bond acceptors (Lipinski definition) is 11. The van der Waals surface area contributed by atoms with E-state index >= 15 is 0 Å². The first-order valence-corrected chi connectivity index (χ1v) is 10.9. The maximum atomic E-state index is 12.6. The van der Waals surface area contributed by atoms with E-state index in [1.807, 2.05) is 0 Å². The Bertz CT molecular complexity index is 1060. The van der Waals surface area contributed by atoms with E-state index in [1.54, 1.807) is 7.05 Å². The van der Waals surface area contributed by atoms with Crippen LogP contribution < -0.4 is 40.0 Å². The average Bonchev–Trinajstić information content (AvgIpc) is 3.31. The van der Waals surface area contributed by atoms with Crippen molar-refractivity contribution in [2.45, 2.75) is 23.0 Å². The van der Waals surface area contributed by atoms with Crippen LogP contribution in [0.3, 0.4) is 0 Å². The molecule has 2 aliphatic heterocycles. The van der Waals surface area contributed by atoms with Gasteiger partial charge in [-0.2, -0.15) is 0 Å². The number of carboxylic acids is 1. The van der Waals surface area contributed by atoms with Crippen molar-refractivity contribution in [2.24, 2.45) is 7.05 Å². The number of thioether (sulfide) groups is 2. The van der Waals surface area contributed by atoms with Gasteiger partial charge in [-0.05, 0) is 16.0 Å². The first-order chi connectivity index (χ1) is 14.3. The number of aromatic nitrogens is 5. The van der Waals surface area contributed by atoms with Crippen molar-refractivity contribution >= 4 is 52.9 Å². The zero-order valence-electron chi connectivity index (χ0n) is 16.3. The molecular formula is C15H13ClN7NaO5S2. The van der Waals surface area contributed by atoms with Crippen LogP contribution in [0.1, 0.15) is 5.76 Å². The number of halogens is 1. The topological polar surface area (TPSA) is 159 Å². The third-order valence-corrected chi connectivity index (χ3v) is 6.99. The molecule has 2 aromatic rings. The normalized spacial score (nSPS) is 20.1. The summed E-state index contributed by atoms with van der Waals surface area (Å²) in [6.07, 6.45) is -0.141. The summed E-state index contributed by atoms with van der Waals surface area (Å²) in [5.74, 6) is -1.52. The van der Waals surface area contributed by atoms with Crippen LogP contribution in [-0.2, 0) is 27.9 Å². The molecule has 1 N–H and O–H groups in total. The summed E-state index contributed by atoms with van der Waals surface area (Å²) in [4.78, 5) is 37.7. The zero-order chi connectivity index (χ0) is 21.4. The van der Waals surface area contributed by atoms with E-state index in [-0.39, 0.29) is 58.3 Å². The Hall–Kier alpha value is -1.58. The second kappa shape index (κ2) is 9.92. The summed E-state index contributed by atoms with van der Waals surface area (Å²) < 4.78 is 6.34. The number of rotatable bonds is 7. The molecule has 16 heteroatoms. The number of carbonyl (C=O) groups excluding carboxylic acids is 3. The largest absolute Gasteiger partial charge is 1.00 e. The molecule has 1 fully saturated rings. The second-order valence-electron chi connectivity index (χ2n) is 6.36. The number of aliphatic carboxylic acids is 1. The standard InChI is InChI=1S/C15H14ClN7O5S2.Na/c1-22-15(18-20-21-22)30-5-6-4-29-13-10(12(25)23(13)11(6)14(26)27)17-9(24)3-7-2-8(16)19-28-7;/h2,10,13H,3-5H2,1H3,(H,17,24)(H,26,27);/q;+1/p-1. The molecule has 0 aliphatic carbocycles. The molecule has 158 valence electrons. The van der Waals surface area contributed by atoms with E-state index in [0.717, 1.165) is 4.90 Å². The molecule has 0 saturated carbocycles. The van der Waals surface area contributed by atoms with Gasteiger partial charge in [0.2, 0.25) is 11.1 Å². The summed E-state index contributed by atoms with van der Waals surface area (Å²) in [7, 11) is 1.67. The quantitative estimate of drug-likeness (QED) is 0.225. The van der Waals surface area contributed by atoms with Crippen LogP contribution in [0.15, 0.2) is 27.0 Å². The molecule has 2 atom stereocenters. The molecule has 4 rings (SSSR count). The predicted molar refractivity (Wildman–Crippen MR) is 102 cm³/mol. The molecule has 31 heavy (non-hydrogen) atoms. The number of tetrazole rings is 1. The Morgan fingerprint density at radius 1 is 1.48 bits per heavy atom. The Morgan fingerprint density at radius 3 is 2.87 bits per heavy atom. The minimum absolute atomic E-state index is 0. The van der Waals surface area contributed by atoms with Gasteiger partial charge in [0, 0.05) is 24.6 Å². The maximum Gasteiger partial charge on any atom is 1.00 e. The molecule has 0 bridgehead atoms. The van der Waals surface area contributed by atoms with Crippen molar-refractivity contribution in [1.82, 2.24) is 35.6 Å². The van der Waals surface area contributed by atoms with Crippen LogP contribution in [0.4, 0.5) is 0 Å². The van der Waals surface area contributed by atoms with Crippen LogP contribution in [0.25, 0.3) is 0 Å². The summed E-state index contributed by atoms with van der Waals surface area (Å²) in [5.41, 5.74) is 0.359. The van der Waals surface area contributed by atoms with E-state index in [2.05, 4.69) is 26.0 Å². The van der Waals surface area contributed by atoms with Crippen molar-refractivity contribution in [3.8, 4) is 0 Å². The maximum absolute atomic E-state index is 12.6. The van der Waals surface area contributed by atoms with Crippen molar-refractivity contribution < 1.29 is 53.6 Å². The molecule has 0 radical (unpaired) electrons. The minimum atomic E-state index is -1.44.